The van der Waals surface area contributed by atoms with Gasteiger partial charge in [-0.3, -0.25) is 0 Å². The van der Waals surface area contributed by atoms with Crippen LogP contribution in [0.3, 0.4) is 0 Å². The highest BCUT2D eigenvalue weighted by Gasteiger charge is 2.01. The van der Waals surface area contributed by atoms with Crippen molar-refractivity contribution in [2.24, 2.45) is 5.18 Å². The van der Waals surface area contributed by atoms with Crippen molar-refractivity contribution >= 4 is 0 Å². The molecule has 1 unspecified atom stereocenters. The molecule has 0 N–H and O–H groups in total. The zero-order valence-corrected chi connectivity index (χ0v) is 7.94. The molecule has 0 heterocycles. The van der Waals surface area contributed by atoms with Crippen LogP contribution in [0.25, 0.3) is 0 Å². The highest BCUT2D eigenvalue weighted by Crippen LogP contribution is 2.15. The van der Waals surface area contributed by atoms with Crippen molar-refractivity contribution in [3.05, 3.63) is 34.7 Å². The molecular weight excluding hydrogens is 185 g/mol. The Bertz CT molecular complexity index is 302. The molecule has 0 aromatic heterocycles. The lowest BCUT2D eigenvalue weighted by atomic mass is 10.1. The fourth-order valence-electron chi connectivity index (χ4n) is 1.14. The maximum Gasteiger partial charge on any atom is 0.235 e. The van der Waals surface area contributed by atoms with Gasteiger partial charge in [-0.15, -0.1) is 0 Å². The van der Waals surface area contributed by atoms with Crippen LogP contribution in [0.2, 0.25) is 0 Å². The number of hydrogen-bond acceptors (Lipinski definition) is 3. The van der Waals surface area contributed by atoms with Gasteiger partial charge in [0.05, 0.1) is 6.54 Å². The lowest BCUT2D eigenvalue weighted by molar-refractivity contribution is 0.0860. The van der Waals surface area contributed by atoms with Gasteiger partial charge < -0.3 is 4.74 Å². The molecule has 0 fully saturated rings. The van der Waals surface area contributed by atoms with E-state index in [1.54, 1.807) is 18.2 Å². The number of alkyl halides is 1. The highest BCUT2D eigenvalue weighted by atomic mass is 19.1. The Balaban J connectivity index is 2.63. The van der Waals surface area contributed by atoms with E-state index in [1.165, 1.54) is 6.92 Å². The molecule has 0 aliphatic carbocycles. The fraction of sp³-hybridized carbons (Fsp3) is 0.400. The minimum Gasteiger partial charge on any atom is -0.461 e. The van der Waals surface area contributed by atoms with Crippen molar-refractivity contribution in [3.63, 3.8) is 0 Å². The molecule has 0 amide bonds. The maximum absolute atomic E-state index is 12.5. The van der Waals surface area contributed by atoms with Crippen LogP contribution in [0.4, 0.5) is 4.39 Å². The normalized spacial score (nSPS) is 12.1. The fourth-order valence-corrected chi connectivity index (χ4v) is 1.14. The van der Waals surface area contributed by atoms with Gasteiger partial charge in [0.2, 0.25) is 6.36 Å². The van der Waals surface area contributed by atoms with E-state index >= 15 is 0 Å². The van der Waals surface area contributed by atoms with Gasteiger partial charge >= 0.3 is 0 Å². The Morgan fingerprint density at radius 3 is 3.00 bits per heavy atom. The highest BCUT2D eigenvalue weighted by molar-refractivity contribution is 5.28. The monoisotopic (exact) mass is 197 g/mol. The summed E-state index contributed by atoms with van der Waals surface area (Å²) in [5, 5.41) is 2.76. The second kappa shape index (κ2) is 5.32. The number of nitrogens with zero attached hydrogens (tertiary/aromatic N) is 1. The summed E-state index contributed by atoms with van der Waals surface area (Å²) in [4.78, 5) is 9.90. The summed E-state index contributed by atoms with van der Waals surface area (Å²) in [6.07, 6.45) is -0.768. The molecule has 3 nitrogen and oxygen atoms in total. The topological polar surface area (TPSA) is 38.7 Å². The lowest BCUT2D eigenvalue weighted by Gasteiger charge is -2.07. The van der Waals surface area contributed by atoms with Gasteiger partial charge in [0.15, 0.2) is 0 Å². The molecule has 0 saturated carbocycles. The molecule has 0 aliphatic rings. The molecule has 1 atom stereocenters. The molecule has 0 bridgehead atoms. The molecule has 76 valence electrons. The predicted molar refractivity (Wildman–Crippen MR) is 52.0 cm³/mol. The molecular formula is C10H12FNO2. The van der Waals surface area contributed by atoms with Crippen LogP contribution in [0.15, 0.2) is 29.4 Å². The minimum atomic E-state index is -1.32. The Kier molecular flexibility index (Phi) is 4.04. The van der Waals surface area contributed by atoms with E-state index in [0.717, 1.165) is 5.56 Å². The molecule has 4 heteroatoms. The van der Waals surface area contributed by atoms with Crippen molar-refractivity contribution in [3.8, 4) is 5.75 Å². The SMILES string of the molecule is CC(F)Oc1cccc(CCN=O)c1. The van der Waals surface area contributed by atoms with Crippen molar-refractivity contribution in [2.75, 3.05) is 6.54 Å². The van der Waals surface area contributed by atoms with E-state index in [4.69, 9.17) is 4.74 Å². The number of halogens is 1. The van der Waals surface area contributed by atoms with Crippen LogP contribution < -0.4 is 4.74 Å². The van der Waals surface area contributed by atoms with E-state index in [2.05, 4.69) is 5.18 Å². The van der Waals surface area contributed by atoms with E-state index in [-0.39, 0.29) is 6.54 Å². The first kappa shape index (κ1) is 10.6. The molecule has 0 radical (unpaired) electrons. The molecule has 14 heavy (non-hydrogen) atoms. The summed E-state index contributed by atoms with van der Waals surface area (Å²) < 4.78 is 17.3. The predicted octanol–water partition coefficient (Wildman–Crippen LogP) is 2.69. The van der Waals surface area contributed by atoms with Gasteiger partial charge in [0.25, 0.3) is 0 Å². The quantitative estimate of drug-likeness (QED) is 0.680. The number of benzene rings is 1. The van der Waals surface area contributed by atoms with Gasteiger partial charge in [-0.2, -0.15) is 4.91 Å². The summed E-state index contributed by atoms with van der Waals surface area (Å²) in [6, 6.07) is 6.99. The van der Waals surface area contributed by atoms with Crippen LogP contribution >= 0.6 is 0 Å². The smallest absolute Gasteiger partial charge is 0.235 e. The van der Waals surface area contributed by atoms with Crippen LogP contribution in [0, 0.1) is 4.91 Å². The van der Waals surface area contributed by atoms with Crippen molar-refractivity contribution < 1.29 is 9.13 Å². The zero-order chi connectivity index (χ0) is 10.4. The van der Waals surface area contributed by atoms with E-state index in [9.17, 15) is 9.30 Å². The van der Waals surface area contributed by atoms with E-state index in [1.807, 2.05) is 6.07 Å². The van der Waals surface area contributed by atoms with E-state index in [0.29, 0.717) is 12.2 Å². The maximum atomic E-state index is 12.5. The van der Waals surface area contributed by atoms with Crippen LogP contribution in [0.5, 0.6) is 5.75 Å². The third kappa shape index (κ3) is 3.51. The standard InChI is InChI=1S/C10H12FNO2/c1-8(11)14-10-4-2-3-9(7-10)5-6-12-13/h2-4,7-8H,5-6H2,1H3. The number of rotatable bonds is 5. The van der Waals surface area contributed by atoms with Gasteiger partial charge in [0.1, 0.15) is 5.75 Å². The van der Waals surface area contributed by atoms with Crippen molar-refractivity contribution in [1.82, 2.24) is 0 Å². The van der Waals surface area contributed by atoms with Gasteiger partial charge in [-0.25, -0.2) is 4.39 Å². The lowest BCUT2D eigenvalue weighted by Crippen LogP contribution is -2.03. The molecule has 1 aromatic carbocycles. The number of nitroso groups, excluding NO2 is 1. The molecule has 0 saturated heterocycles. The second-order valence-corrected chi connectivity index (χ2v) is 2.91. The zero-order valence-electron chi connectivity index (χ0n) is 7.94. The minimum absolute atomic E-state index is 0.231. The molecule has 0 spiro atoms. The third-order valence-corrected chi connectivity index (χ3v) is 1.69. The summed E-state index contributed by atoms with van der Waals surface area (Å²) >= 11 is 0. The average Bonchev–Trinajstić information content (AvgIpc) is 2.14. The Morgan fingerprint density at radius 2 is 2.36 bits per heavy atom. The van der Waals surface area contributed by atoms with Gasteiger partial charge in [-0.05, 0) is 24.1 Å². The first-order chi connectivity index (χ1) is 6.72. The van der Waals surface area contributed by atoms with Crippen LogP contribution in [0.1, 0.15) is 12.5 Å². The Hall–Kier alpha value is -1.45. The number of ether oxygens (including phenoxy) is 1. The second-order valence-electron chi connectivity index (χ2n) is 2.91. The largest absolute Gasteiger partial charge is 0.461 e. The first-order valence-corrected chi connectivity index (χ1v) is 4.41. The molecule has 1 aromatic rings. The summed E-state index contributed by atoms with van der Waals surface area (Å²) in [6.45, 7) is 1.55. The summed E-state index contributed by atoms with van der Waals surface area (Å²) in [5.74, 6) is 0.475. The van der Waals surface area contributed by atoms with Crippen LogP contribution in [-0.4, -0.2) is 12.9 Å². The van der Waals surface area contributed by atoms with Crippen LogP contribution in [-0.2, 0) is 6.42 Å². The van der Waals surface area contributed by atoms with E-state index < -0.39 is 6.36 Å². The van der Waals surface area contributed by atoms with Crippen molar-refractivity contribution in [2.45, 2.75) is 19.7 Å². The summed E-state index contributed by atoms with van der Waals surface area (Å²) in [5.41, 5.74) is 0.919. The number of hydrogen-bond donors (Lipinski definition) is 0. The Morgan fingerprint density at radius 1 is 1.57 bits per heavy atom. The first-order valence-electron chi connectivity index (χ1n) is 4.41. The molecule has 0 aliphatic heterocycles. The van der Waals surface area contributed by atoms with Crippen molar-refractivity contribution in [1.29, 1.82) is 0 Å². The Labute approximate surface area is 81.9 Å². The average molecular weight is 197 g/mol. The van der Waals surface area contributed by atoms with Gasteiger partial charge in [-0.1, -0.05) is 17.3 Å². The van der Waals surface area contributed by atoms with Gasteiger partial charge in [0, 0.05) is 6.92 Å². The molecule has 1 rings (SSSR count). The third-order valence-electron chi connectivity index (χ3n) is 1.69. The summed E-state index contributed by atoms with van der Waals surface area (Å²) in [7, 11) is 0.